The van der Waals surface area contributed by atoms with Crippen LogP contribution in [0, 0.1) is 0 Å². The Kier molecular flexibility index (Phi) is 5.82. The Bertz CT molecular complexity index is 1180. The second-order valence-corrected chi connectivity index (χ2v) is 9.12. The van der Waals surface area contributed by atoms with Gasteiger partial charge in [0.25, 0.3) is 5.91 Å². The number of aromatic nitrogens is 2. The van der Waals surface area contributed by atoms with E-state index in [2.05, 4.69) is 41.4 Å². The van der Waals surface area contributed by atoms with Gasteiger partial charge in [-0.1, -0.05) is 39.0 Å². The Morgan fingerprint density at radius 2 is 1.65 bits per heavy atom. The number of hydrogen-bond donors (Lipinski definition) is 2. The molecule has 2 aromatic carbocycles. The summed E-state index contributed by atoms with van der Waals surface area (Å²) in [6.07, 6.45) is 3.51. The van der Waals surface area contributed by atoms with E-state index in [0.717, 1.165) is 27.8 Å². The molecule has 2 aromatic heterocycles. The monoisotopic (exact) mass is 428 g/mol. The molecular formula is C25H24N4OS. The second-order valence-electron chi connectivity index (χ2n) is 8.26. The zero-order chi connectivity index (χ0) is 21.8. The third kappa shape index (κ3) is 5.16. The number of carbonyl (C=O) groups excluding carboxylic acids is 1. The first-order valence-electron chi connectivity index (χ1n) is 10.0. The van der Waals surface area contributed by atoms with Crippen LogP contribution in [0.5, 0.6) is 0 Å². The third-order valence-electron chi connectivity index (χ3n) is 4.87. The number of nitrogens with zero attached hydrogens (tertiary/aromatic N) is 2. The molecular weight excluding hydrogens is 404 g/mol. The van der Waals surface area contributed by atoms with Gasteiger partial charge in [0.1, 0.15) is 0 Å². The number of thiazole rings is 1. The standard InChI is InChI=1S/C25H24N4OS/c1-25(2,3)19-9-7-18(8-10-19)23(30)27-20-5-4-6-21(15-20)28-24-29-22(16-31-24)17-11-13-26-14-12-17/h4-16H,1-3H3,(H,27,30)(H,28,29). The van der Waals surface area contributed by atoms with Crippen molar-refractivity contribution in [3.63, 3.8) is 0 Å². The number of carbonyl (C=O) groups is 1. The fourth-order valence-electron chi connectivity index (χ4n) is 3.11. The van der Waals surface area contributed by atoms with Crippen LogP contribution >= 0.6 is 11.3 Å². The van der Waals surface area contributed by atoms with E-state index in [9.17, 15) is 4.79 Å². The fourth-order valence-corrected chi connectivity index (χ4v) is 3.85. The van der Waals surface area contributed by atoms with Crippen molar-refractivity contribution >= 4 is 33.8 Å². The van der Waals surface area contributed by atoms with E-state index in [1.165, 1.54) is 16.9 Å². The van der Waals surface area contributed by atoms with Gasteiger partial charge in [0.05, 0.1) is 5.69 Å². The van der Waals surface area contributed by atoms with Gasteiger partial charge in [0.2, 0.25) is 0 Å². The highest BCUT2D eigenvalue weighted by atomic mass is 32.1. The van der Waals surface area contributed by atoms with E-state index in [1.807, 2.05) is 66.0 Å². The topological polar surface area (TPSA) is 66.9 Å². The molecule has 1 amide bonds. The second kappa shape index (κ2) is 8.70. The van der Waals surface area contributed by atoms with Gasteiger partial charge < -0.3 is 10.6 Å². The summed E-state index contributed by atoms with van der Waals surface area (Å²) >= 11 is 1.53. The van der Waals surface area contributed by atoms with Crippen molar-refractivity contribution < 1.29 is 4.79 Å². The lowest BCUT2D eigenvalue weighted by molar-refractivity contribution is 0.102. The lowest BCUT2D eigenvalue weighted by atomic mass is 9.87. The first-order chi connectivity index (χ1) is 14.9. The summed E-state index contributed by atoms with van der Waals surface area (Å²) in [4.78, 5) is 21.3. The third-order valence-corrected chi connectivity index (χ3v) is 5.62. The lowest BCUT2D eigenvalue weighted by Gasteiger charge is -2.19. The highest BCUT2D eigenvalue weighted by Crippen LogP contribution is 2.28. The van der Waals surface area contributed by atoms with Crippen LogP contribution in [0.3, 0.4) is 0 Å². The van der Waals surface area contributed by atoms with Crippen molar-refractivity contribution in [1.29, 1.82) is 0 Å². The zero-order valence-electron chi connectivity index (χ0n) is 17.7. The molecule has 0 atom stereocenters. The van der Waals surface area contributed by atoms with Gasteiger partial charge in [-0.25, -0.2) is 4.98 Å². The molecule has 0 aliphatic rings. The van der Waals surface area contributed by atoms with E-state index in [-0.39, 0.29) is 11.3 Å². The van der Waals surface area contributed by atoms with E-state index in [1.54, 1.807) is 12.4 Å². The SMILES string of the molecule is CC(C)(C)c1ccc(C(=O)Nc2cccc(Nc3nc(-c4ccncc4)cs3)c2)cc1. The Balaban J connectivity index is 1.44. The minimum Gasteiger partial charge on any atom is -0.331 e. The molecule has 0 aliphatic heterocycles. The molecule has 4 aromatic rings. The van der Waals surface area contributed by atoms with Crippen LogP contribution in [0.1, 0.15) is 36.7 Å². The van der Waals surface area contributed by atoms with Crippen LogP contribution in [0.25, 0.3) is 11.3 Å². The largest absolute Gasteiger partial charge is 0.331 e. The fraction of sp³-hybridized carbons (Fsp3) is 0.160. The van der Waals surface area contributed by atoms with Gasteiger partial charge in [-0.05, 0) is 53.4 Å². The maximum absolute atomic E-state index is 12.7. The molecule has 31 heavy (non-hydrogen) atoms. The predicted molar refractivity (Wildman–Crippen MR) is 128 cm³/mol. The molecule has 6 heteroatoms. The number of anilines is 3. The van der Waals surface area contributed by atoms with Crippen molar-refractivity contribution in [3.8, 4) is 11.3 Å². The zero-order valence-corrected chi connectivity index (χ0v) is 18.5. The van der Waals surface area contributed by atoms with Gasteiger partial charge in [-0.15, -0.1) is 11.3 Å². The van der Waals surface area contributed by atoms with Crippen LogP contribution in [0.15, 0.2) is 78.4 Å². The molecule has 0 saturated heterocycles. The highest BCUT2D eigenvalue weighted by Gasteiger charge is 2.14. The van der Waals surface area contributed by atoms with Crippen LogP contribution in [0.4, 0.5) is 16.5 Å². The summed E-state index contributed by atoms with van der Waals surface area (Å²) < 4.78 is 0. The van der Waals surface area contributed by atoms with Gasteiger partial charge in [-0.2, -0.15) is 0 Å². The molecule has 0 bridgehead atoms. The molecule has 0 saturated carbocycles. The normalized spacial score (nSPS) is 11.2. The molecule has 5 nitrogen and oxygen atoms in total. The Morgan fingerprint density at radius 1 is 0.935 bits per heavy atom. The summed E-state index contributed by atoms with van der Waals surface area (Å²) in [6.45, 7) is 6.47. The maximum atomic E-state index is 12.7. The molecule has 2 N–H and O–H groups in total. The predicted octanol–water partition coefficient (Wildman–Crippen LogP) is 6.50. The molecule has 2 heterocycles. The Morgan fingerprint density at radius 3 is 2.35 bits per heavy atom. The molecule has 156 valence electrons. The molecule has 0 fully saturated rings. The van der Waals surface area contributed by atoms with Crippen molar-refractivity contribution in [2.24, 2.45) is 0 Å². The van der Waals surface area contributed by atoms with Crippen LogP contribution < -0.4 is 10.6 Å². The highest BCUT2D eigenvalue weighted by molar-refractivity contribution is 7.14. The van der Waals surface area contributed by atoms with Crippen molar-refractivity contribution in [1.82, 2.24) is 9.97 Å². The number of hydrogen-bond acceptors (Lipinski definition) is 5. The summed E-state index contributed by atoms with van der Waals surface area (Å²) in [6, 6.07) is 19.2. The van der Waals surface area contributed by atoms with E-state index >= 15 is 0 Å². The first kappa shape index (κ1) is 20.8. The van der Waals surface area contributed by atoms with Crippen LogP contribution in [0.2, 0.25) is 0 Å². The summed E-state index contributed by atoms with van der Waals surface area (Å²) in [7, 11) is 0. The number of amides is 1. The summed E-state index contributed by atoms with van der Waals surface area (Å²) in [5, 5.41) is 9.07. The molecule has 4 rings (SSSR count). The number of pyridine rings is 1. The van der Waals surface area contributed by atoms with Gasteiger partial charge in [0.15, 0.2) is 5.13 Å². The van der Waals surface area contributed by atoms with E-state index in [0.29, 0.717) is 5.56 Å². The minimum atomic E-state index is -0.133. The van der Waals surface area contributed by atoms with Gasteiger partial charge in [-0.3, -0.25) is 9.78 Å². The van der Waals surface area contributed by atoms with Gasteiger partial charge >= 0.3 is 0 Å². The van der Waals surface area contributed by atoms with E-state index < -0.39 is 0 Å². The average Bonchev–Trinajstić information content (AvgIpc) is 3.22. The van der Waals surface area contributed by atoms with Gasteiger partial charge in [0, 0.05) is 40.3 Å². The van der Waals surface area contributed by atoms with Crippen molar-refractivity contribution in [2.75, 3.05) is 10.6 Å². The van der Waals surface area contributed by atoms with Crippen LogP contribution in [-0.4, -0.2) is 15.9 Å². The van der Waals surface area contributed by atoms with Crippen molar-refractivity contribution in [2.45, 2.75) is 26.2 Å². The quantitative estimate of drug-likeness (QED) is 0.381. The summed E-state index contributed by atoms with van der Waals surface area (Å²) in [5.74, 6) is -0.133. The van der Waals surface area contributed by atoms with Crippen LogP contribution in [-0.2, 0) is 5.41 Å². The average molecular weight is 429 g/mol. The molecule has 0 spiro atoms. The Hall–Kier alpha value is -3.51. The maximum Gasteiger partial charge on any atom is 0.255 e. The van der Waals surface area contributed by atoms with Crippen molar-refractivity contribution in [3.05, 3.63) is 89.6 Å². The molecule has 0 radical (unpaired) electrons. The smallest absolute Gasteiger partial charge is 0.255 e. The minimum absolute atomic E-state index is 0.0576. The first-order valence-corrected chi connectivity index (χ1v) is 10.9. The number of nitrogens with one attached hydrogen (secondary N) is 2. The number of rotatable bonds is 5. The number of benzene rings is 2. The summed E-state index contributed by atoms with van der Waals surface area (Å²) in [5.41, 5.74) is 5.40. The lowest BCUT2D eigenvalue weighted by Crippen LogP contribution is -2.14. The van der Waals surface area contributed by atoms with E-state index in [4.69, 9.17) is 0 Å². The Labute approximate surface area is 186 Å². The molecule has 0 unspecified atom stereocenters. The molecule has 0 aliphatic carbocycles.